The van der Waals surface area contributed by atoms with Crippen molar-refractivity contribution in [2.45, 2.75) is 26.0 Å². The second-order valence-electron chi connectivity index (χ2n) is 5.09. The fraction of sp³-hybridized carbons (Fsp3) is 0.500. The molecule has 2 rings (SSSR count). The van der Waals surface area contributed by atoms with Gasteiger partial charge in [-0.25, -0.2) is 0 Å². The molecule has 0 saturated carbocycles. The Labute approximate surface area is 114 Å². The molecule has 0 amide bonds. The molecule has 0 bridgehead atoms. The van der Waals surface area contributed by atoms with E-state index in [0.717, 1.165) is 31.6 Å². The largest absolute Gasteiger partial charge is 0.393 e. The number of thiocarbonyl (C=S) groups is 1. The lowest BCUT2D eigenvalue weighted by Crippen LogP contribution is -2.41. The third-order valence-corrected chi connectivity index (χ3v) is 3.84. The molecule has 1 saturated heterocycles. The molecule has 18 heavy (non-hydrogen) atoms. The summed E-state index contributed by atoms with van der Waals surface area (Å²) in [5.74, 6) is 0.329. The summed E-state index contributed by atoms with van der Waals surface area (Å²) in [5, 5.41) is 9.74. The molecule has 1 heterocycles. The monoisotopic (exact) mass is 264 g/mol. The van der Waals surface area contributed by atoms with Crippen LogP contribution in [-0.4, -0.2) is 34.2 Å². The van der Waals surface area contributed by atoms with Crippen molar-refractivity contribution < 1.29 is 5.11 Å². The Balaban J connectivity index is 2.08. The van der Waals surface area contributed by atoms with Crippen LogP contribution in [0.15, 0.2) is 24.3 Å². The lowest BCUT2D eigenvalue weighted by Gasteiger charge is -2.34. The SMILES string of the molecule is CC1CN(Cc2ccccc2C(N)=S)CCC1O. The highest BCUT2D eigenvalue weighted by atomic mass is 32.1. The van der Waals surface area contributed by atoms with Gasteiger partial charge in [0.05, 0.1) is 6.10 Å². The highest BCUT2D eigenvalue weighted by molar-refractivity contribution is 7.80. The molecule has 98 valence electrons. The minimum absolute atomic E-state index is 0.160. The maximum atomic E-state index is 9.74. The smallest absolute Gasteiger partial charge is 0.104 e. The average Bonchev–Trinajstić information content (AvgIpc) is 2.34. The van der Waals surface area contributed by atoms with Crippen molar-refractivity contribution >= 4 is 17.2 Å². The molecule has 3 N–H and O–H groups in total. The molecule has 1 aromatic rings. The van der Waals surface area contributed by atoms with Gasteiger partial charge >= 0.3 is 0 Å². The van der Waals surface area contributed by atoms with Gasteiger partial charge in [0.25, 0.3) is 0 Å². The Hall–Kier alpha value is -0.970. The first-order valence-electron chi connectivity index (χ1n) is 6.36. The fourth-order valence-electron chi connectivity index (χ4n) is 2.50. The van der Waals surface area contributed by atoms with E-state index in [0.29, 0.717) is 10.9 Å². The Morgan fingerprint density at radius 3 is 2.89 bits per heavy atom. The van der Waals surface area contributed by atoms with Crippen molar-refractivity contribution in [1.82, 2.24) is 4.90 Å². The number of nitrogens with two attached hydrogens (primary N) is 1. The standard InChI is InChI=1S/C14H20N2OS/c1-10-8-16(7-6-13(10)17)9-11-4-2-3-5-12(11)14(15)18/h2-5,10,13,17H,6-9H2,1H3,(H2,15,18). The van der Waals surface area contributed by atoms with Crippen molar-refractivity contribution in [1.29, 1.82) is 0 Å². The first-order chi connectivity index (χ1) is 8.58. The van der Waals surface area contributed by atoms with E-state index in [9.17, 15) is 5.11 Å². The molecule has 1 aliphatic rings. The van der Waals surface area contributed by atoms with Gasteiger partial charge in [0.1, 0.15) is 4.99 Å². The molecule has 0 aliphatic carbocycles. The van der Waals surface area contributed by atoms with Crippen molar-refractivity contribution in [2.75, 3.05) is 13.1 Å². The summed E-state index contributed by atoms with van der Waals surface area (Å²) in [6.45, 7) is 4.80. The van der Waals surface area contributed by atoms with Gasteiger partial charge < -0.3 is 10.8 Å². The third-order valence-electron chi connectivity index (χ3n) is 3.62. The molecule has 2 atom stereocenters. The van der Waals surface area contributed by atoms with Crippen LogP contribution in [0.3, 0.4) is 0 Å². The van der Waals surface area contributed by atoms with Gasteiger partial charge in [-0.15, -0.1) is 0 Å². The Kier molecular flexibility index (Phi) is 4.32. The number of piperidine rings is 1. The summed E-state index contributed by atoms with van der Waals surface area (Å²) in [7, 11) is 0. The van der Waals surface area contributed by atoms with Crippen LogP contribution in [0.4, 0.5) is 0 Å². The summed E-state index contributed by atoms with van der Waals surface area (Å²) in [4.78, 5) is 2.81. The minimum atomic E-state index is -0.160. The molecule has 1 aromatic carbocycles. The zero-order valence-electron chi connectivity index (χ0n) is 10.7. The Morgan fingerprint density at radius 2 is 2.22 bits per heavy atom. The van der Waals surface area contributed by atoms with Gasteiger partial charge in [0.2, 0.25) is 0 Å². The predicted molar refractivity (Wildman–Crippen MR) is 77.4 cm³/mol. The number of rotatable bonds is 3. The lowest BCUT2D eigenvalue weighted by atomic mass is 9.96. The normalized spacial score (nSPS) is 25.0. The van der Waals surface area contributed by atoms with E-state index >= 15 is 0 Å². The molecule has 4 heteroatoms. The van der Waals surface area contributed by atoms with Crippen LogP contribution >= 0.6 is 12.2 Å². The molecule has 1 fully saturated rings. The Morgan fingerprint density at radius 1 is 1.50 bits per heavy atom. The molecule has 3 nitrogen and oxygen atoms in total. The van der Waals surface area contributed by atoms with Crippen LogP contribution in [0, 0.1) is 5.92 Å². The first-order valence-corrected chi connectivity index (χ1v) is 6.77. The van der Waals surface area contributed by atoms with Gasteiger partial charge in [0.15, 0.2) is 0 Å². The van der Waals surface area contributed by atoms with Gasteiger partial charge in [-0.3, -0.25) is 4.90 Å². The number of hydrogen-bond acceptors (Lipinski definition) is 3. The first kappa shape index (κ1) is 13.5. The summed E-state index contributed by atoms with van der Waals surface area (Å²) >= 11 is 5.08. The molecular formula is C14H20N2OS. The van der Waals surface area contributed by atoms with Gasteiger partial charge in [-0.1, -0.05) is 43.4 Å². The van der Waals surface area contributed by atoms with Crippen molar-refractivity contribution in [3.63, 3.8) is 0 Å². The van der Waals surface area contributed by atoms with Gasteiger partial charge in [0, 0.05) is 25.2 Å². The van der Waals surface area contributed by atoms with E-state index in [2.05, 4.69) is 17.9 Å². The molecule has 0 aromatic heterocycles. The number of aliphatic hydroxyl groups is 1. The van der Waals surface area contributed by atoms with E-state index in [1.54, 1.807) is 0 Å². The van der Waals surface area contributed by atoms with Crippen molar-refractivity contribution in [3.05, 3.63) is 35.4 Å². The zero-order valence-corrected chi connectivity index (χ0v) is 11.5. The van der Waals surface area contributed by atoms with Crippen LogP contribution in [-0.2, 0) is 6.54 Å². The van der Waals surface area contributed by atoms with E-state index in [-0.39, 0.29) is 6.10 Å². The van der Waals surface area contributed by atoms with Crippen molar-refractivity contribution in [3.8, 4) is 0 Å². The zero-order chi connectivity index (χ0) is 13.1. The predicted octanol–water partition coefficient (Wildman–Crippen LogP) is 1.52. The number of likely N-dealkylation sites (tertiary alicyclic amines) is 1. The molecule has 0 spiro atoms. The highest BCUT2D eigenvalue weighted by Gasteiger charge is 2.24. The third kappa shape index (κ3) is 3.07. The summed E-state index contributed by atoms with van der Waals surface area (Å²) < 4.78 is 0. The molecule has 2 unspecified atom stereocenters. The number of nitrogens with zero attached hydrogens (tertiary/aromatic N) is 1. The summed E-state index contributed by atoms with van der Waals surface area (Å²) in [5.41, 5.74) is 7.88. The average molecular weight is 264 g/mol. The number of benzene rings is 1. The minimum Gasteiger partial charge on any atom is -0.393 e. The van der Waals surface area contributed by atoms with E-state index in [4.69, 9.17) is 18.0 Å². The van der Waals surface area contributed by atoms with Crippen LogP contribution < -0.4 is 5.73 Å². The highest BCUT2D eigenvalue weighted by Crippen LogP contribution is 2.20. The lowest BCUT2D eigenvalue weighted by molar-refractivity contribution is 0.0320. The molecule has 0 radical (unpaired) electrons. The quantitative estimate of drug-likeness (QED) is 0.813. The van der Waals surface area contributed by atoms with Crippen molar-refractivity contribution in [2.24, 2.45) is 11.7 Å². The molecular weight excluding hydrogens is 244 g/mol. The Bertz CT molecular complexity index is 436. The topological polar surface area (TPSA) is 49.5 Å². The summed E-state index contributed by atoms with van der Waals surface area (Å²) in [6, 6.07) is 8.02. The second kappa shape index (κ2) is 5.78. The van der Waals surface area contributed by atoms with E-state index in [1.807, 2.05) is 18.2 Å². The maximum absolute atomic E-state index is 9.74. The van der Waals surface area contributed by atoms with Crippen LogP contribution in [0.1, 0.15) is 24.5 Å². The fourth-order valence-corrected chi connectivity index (χ4v) is 2.70. The van der Waals surface area contributed by atoms with Crippen LogP contribution in [0.5, 0.6) is 0 Å². The maximum Gasteiger partial charge on any atom is 0.104 e. The van der Waals surface area contributed by atoms with Crippen LogP contribution in [0.25, 0.3) is 0 Å². The van der Waals surface area contributed by atoms with Gasteiger partial charge in [-0.2, -0.15) is 0 Å². The van der Waals surface area contributed by atoms with Crippen LogP contribution in [0.2, 0.25) is 0 Å². The number of aliphatic hydroxyl groups excluding tert-OH is 1. The second-order valence-corrected chi connectivity index (χ2v) is 5.53. The van der Waals surface area contributed by atoms with E-state index in [1.165, 1.54) is 5.56 Å². The number of hydrogen-bond donors (Lipinski definition) is 2. The van der Waals surface area contributed by atoms with Gasteiger partial charge in [-0.05, 0) is 17.9 Å². The molecule has 1 aliphatic heterocycles. The van der Waals surface area contributed by atoms with E-state index < -0.39 is 0 Å². The summed E-state index contributed by atoms with van der Waals surface area (Å²) in [6.07, 6.45) is 0.684.